The summed E-state index contributed by atoms with van der Waals surface area (Å²) in [6.07, 6.45) is 2.26. The highest BCUT2D eigenvalue weighted by molar-refractivity contribution is 5.67. The van der Waals surface area contributed by atoms with Crippen LogP contribution < -0.4 is 5.32 Å². The third-order valence-corrected chi connectivity index (χ3v) is 2.51. The molecule has 1 aliphatic heterocycles. The Kier molecular flexibility index (Phi) is 3.89. The largest absolute Gasteiger partial charge is 0.481 e. The molecule has 1 fully saturated rings. The van der Waals surface area contributed by atoms with Crippen LogP contribution in [0.4, 0.5) is 0 Å². The molecule has 1 heterocycles. The van der Waals surface area contributed by atoms with E-state index in [4.69, 9.17) is 9.84 Å². The Balaban J connectivity index is 2.36. The number of hydrogen-bond acceptors (Lipinski definition) is 3. The molecule has 82 valence electrons. The Hall–Kier alpha value is -0.610. The molecule has 1 saturated heterocycles. The van der Waals surface area contributed by atoms with Gasteiger partial charge in [-0.15, -0.1) is 0 Å². The molecular weight excluding hydrogens is 182 g/mol. The fraction of sp³-hybridized carbons (Fsp3) is 0.900. The molecule has 4 nitrogen and oxygen atoms in total. The normalized spacial score (nSPS) is 29.9. The van der Waals surface area contributed by atoms with E-state index in [1.807, 2.05) is 6.92 Å². The van der Waals surface area contributed by atoms with Gasteiger partial charge in [-0.25, -0.2) is 0 Å². The fourth-order valence-corrected chi connectivity index (χ4v) is 1.96. The van der Waals surface area contributed by atoms with Gasteiger partial charge in [-0.3, -0.25) is 4.79 Å². The fourth-order valence-electron chi connectivity index (χ4n) is 1.96. The van der Waals surface area contributed by atoms with Gasteiger partial charge in [0, 0.05) is 18.2 Å². The number of ether oxygens (including phenoxy) is 1. The minimum Gasteiger partial charge on any atom is -0.481 e. The molecule has 2 atom stereocenters. The van der Waals surface area contributed by atoms with Crippen LogP contribution in [0.1, 0.15) is 33.1 Å². The second-order valence-corrected chi connectivity index (χ2v) is 4.36. The van der Waals surface area contributed by atoms with Crippen molar-refractivity contribution in [2.24, 2.45) is 0 Å². The van der Waals surface area contributed by atoms with E-state index in [9.17, 15) is 4.79 Å². The molecule has 2 N–H and O–H groups in total. The first kappa shape index (κ1) is 11.5. The third kappa shape index (κ3) is 3.64. The highest BCUT2D eigenvalue weighted by Gasteiger charge is 2.29. The molecule has 0 radical (unpaired) electrons. The monoisotopic (exact) mass is 201 g/mol. The predicted molar refractivity (Wildman–Crippen MR) is 53.3 cm³/mol. The van der Waals surface area contributed by atoms with Gasteiger partial charge in [-0.2, -0.15) is 0 Å². The molecule has 0 aliphatic carbocycles. The predicted octanol–water partition coefficient (Wildman–Crippen LogP) is 1.01. The van der Waals surface area contributed by atoms with E-state index < -0.39 is 5.97 Å². The van der Waals surface area contributed by atoms with Crippen LogP contribution in [0.5, 0.6) is 0 Å². The van der Waals surface area contributed by atoms with Crippen molar-refractivity contribution in [3.63, 3.8) is 0 Å². The second-order valence-electron chi connectivity index (χ2n) is 4.36. The van der Waals surface area contributed by atoms with E-state index in [-0.39, 0.29) is 18.0 Å². The minimum atomic E-state index is -0.759. The van der Waals surface area contributed by atoms with Gasteiger partial charge in [0.2, 0.25) is 0 Å². The van der Waals surface area contributed by atoms with Crippen LogP contribution in [0, 0.1) is 0 Å². The van der Waals surface area contributed by atoms with Gasteiger partial charge in [-0.05, 0) is 26.7 Å². The Morgan fingerprint density at radius 3 is 2.93 bits per heavy atom. The van der Waals surface area contributed by atoms with Crippen LogP contribution in [0.15, 0.2) is 0 Å². The maximum atomic E-state index is 10.5. The number of carboxylic acid groups (broad SMARTS) is 1. The first-order chi connectivity index (χ1) is 6.52. The van der Waals surface area contributed by atoms with Crippen LogP contribution in [0.2, 0.25) is 0 Å². The van der Waals surface area contributed by atoms with Crippen LogP contribution in [-0.2, 0) is 9.53 Å². The van der Waals surface area contributed by atoms with Crippen molar-refractivity contribution < 1.29 is 14.6 Å². The Morgan fingerprint density at radius 2 is 2.43 bits per heavy atom. The van der Waals surface area contributed by atoms with Gasteiger partial charge in [-0.1, -0.05) is 0 Å². The van der Waals surface area contributed by atoms with Crippen molar-refractivity contribution in [2.75, 3.05) is 13.2 Å². The Bertz CT molecular complexity index is 200. The van der Waals surface area contributed by atoms with Crippen molar-refractivity contribution in [1.29, 1.82) is 0 Å². The summed E-state index contributed by atoms with van der Waals surface area (Å²) in [5.41, 5.74) is -0.0485. The van der Waals surface area contributed by atoms with Gasteiger partial charge < -0.3 is 15.2 Å². The van der Waals surface area contributed by atoms with Crippen molar-refractivity contribution in [3.05, 3.63) is 0 Å². The number of carbonyl (C=O) groups is 1. The maximum Gasteiger partial charge on any atom is 0.304 e. The number of hydrogen-bond donors (Lipinski definition) is 2. The average molecular weight is 201 g/mol. The third-order valence-electron chi connectivity index (χ3n) is 2.51. The number of rotatable bonds is 4. The van der Waals surface area contributed by atoms with Gasteiger partial charge >= 0.3 is 5.97 Å². The Morgan fingerprint density at radius 1 is 1.71 bits per heavy atom. The summed E-state index contributed by atoms with van der Waals surface area (Å²) in [6, 6.07) is -0.000741. The first-order valence-corrected chi connectivity index (χ1v) is 5.09. The van der Waals surface area contributed by atoms with Gasteiger partial charge in [0.05, 0.1) is 13.0 Å². The summed E-state index contributed by atoms with van der Waals surface area (Å²) in [4.78, 5) is 10.5. The molecule has 14 heavy (non-hydrogen) atoms. The summed E-state index contributed by atoms with van der Waals surface area (Å²) < 4.78 is 5.38. The SMILES string of the molecule is CC(CC(=O)O)NC1(C)CCCOC1. The summed E-state index contributed by atoms with van der Waals surface area (Å²) in [7, 11) is 0. The zero-order valence-corrected chi connectivity index (χ0v) is 8.88. The molecule has 0 amide bonds. The average Bonchev–Trinajstić information content (AvgIpc) is 2.02. The Labute approximate surface area is 84.6 Å². The van der Waals surface area contributed by atoms with E-state index in [0.29, 0.717) is 6.61 Å². The van der Waals surface area contributed by atoms with Crippen molar-refractivity contribution in [1.82, 2.24) is 5.32 Å². The number of carboxylic acids is 1. The van der Waals surface area contributed by atoms with E-state index in [1.54, 1.807) is 0 Å². The lowest BCUT2D eigenvalue weighted by Crippen LogP contribution is -2.52. The van der Waals surface area contributed by atoms with E-state index in [2.05, 4.69) is 12.2 Å². The summed E-state index contributed by atoms with van der Waals surface area (Å²) in [5, 5.41) is 11.9. The zero-order chi connectivity index (χ0) is 10.6. The number of nitrogens with one attached hydrogen (secondary N) is 1. The lowest BCUT2D eigenvalue weighted by atomic mass is 9.93. The summed E-state index contributed by atoms with van der Waals surface area (Å²) in [5.74, 6) is -0.759. The molecule has 0 aromatic carbocycles. The number of aliphatic carboxylic acids is 1. The van der Waals surface area contributed by atoms with Crippen molar-refractivity contribution >= 4 is 5.97 Å². The summed E-state index contributed by atoms with van der Waals surface area (Å²) in [6.45, 7) is 5.49. The van der Waals surface area contributed by atoms with Crippen molar-refractivity contribution in [3.8, 4) is 0 Å². The molecule has 0 aromatic rings. The minimum absolute atomic E-state index is 0.000741. The van der Waals surface area contributed by atoms with Crippen LogP contribution in [0.3, 0.4) is 0 Å². The molecule has 0 spiro atoms. The molecular formula is C10H19NO3. The lowest BCUT2D eigenvalue weighted by Gasteiger charge is -2.36. The molecule has 0 saturated carbocycles. The van der Waals surface area contributed by atoms with Crippen LogP contribution in [-0.4, -0.2) is 35.9 Å². The lowest BCUT2D eigenvalue weighted by molar-refractivity contribution is -0.137. The van der Waals surface area contributed by atoms with Crippen LogP contribution in [0.25, 0.3) is 0 Å². The van der Waals surface area contributed by atoms with E-state index in [1.165, 1.54) is 0 Å². The molecule has 1 rings (SSSR count). The maximum absolute atomic E-state index is 10.5. The smallest absolute Gasteiger partial charge is 0.304 e. The zero-order valence-electron chi connectivity index (χ0n) is 8.88. The molecule has 1 aliphatic rings. The van der Waals surface area contributed by atoms with Crippen LogP contribution >= 0.6 is 0 Å². The first-order valence-electron chi connectivity index (χ1n) is 5.09. The quantitative estimate of drug-likeness (QED) is 0.712. The molecule has 0 bridgehead atoms. The van der Waals surface area contributed by atoms with Gasteiger partial charge in [0.15, 0.2) is 0 Å². The van der Waals surface area contributed by atoms with Gasteiger partial charge in [0.1, 0.15) is 0 Å². The summed E-state index contributed by atoms with van der Waals surface area (Å²) >= 11 is 0. The van der Waals surface area contributed by atoms with Gasteiger partial charge in [0.25, 0.3) is 0 Å². The highest BCUT2D eigenvalue weighted by Crippen LogP contribution is 2.19. The molecule has 4 heteroatoms. The van der Waals surface area contributed by atoms with E-state index in [0.717, 1.165) is 19.4 Å². The second kappa shape index (κ2) is 4.75. The molecule has 0 aromatic heterocycles. The van der Waals surface area contributed by atoms with E-state index >= 15 is 0 Å². The topological polar surface area (TPSA) is 58.6 Å². The highest BCUT2D eigenvalue weighted by atomic mass is 16.5. The molecule has 2 unspecified atom stereocenters. The van der Waals surface area contributed by atoms with Crippen molar-refractivity contribution in [2.45, 2.75) is 44.7 Å². The standard InChI is InChI=1S/C10H19NO3/c1-8(6-9(12)13)11-10(2)4-3-5-14-7-10/h8,11H,3-7H2,1-2H3,(H,12,13).